The molecule has 0 unspecified atom stereocenters. The number of hydrogen-bond donors (Lipinski definition) is 4. The highest BCUT2D eigenvalue weighted by atomic mass is 16.2. The van der Waals surface area contributed by atoms with Crippen LogP contribution in [0.1, 0.15) is 54.4 Å². The molecule has 3 amide bonds. The minimum atomic E-state index is -0.854. The minimum absolute atomic E-state index is 0.156. The molecule has 149 valence electrons. The molecule has 0 saturated carbocycles. The summed E-state index contributed by atoms with van der Waals surface area (Å²) in [6, 6.07) is -3.09. The topological polar surface area (TPSA) is 130 Å². The van der Waals surface area contributed by atoms with Gasteiger partial charge < -0.3 is 21.7 Å². The van der Waals surface area contributed by atoms with Crippen LogP contribution in [0.15, 0.2) is 0 Å². The third-order valence-corrected chi connectivity index (χ3v) is 3.67. The molecule has 8 nitrogen and oxygen atoms in total. The van der Waals surface area contributed by atoms with Gasteiger partial charge >= 0.3 is 0 Å². The summed E-state index contributed by atoms with van der Waals surface area (Å²) in [5.74, 6) is -1.01. The van der Waals surface area contributed by atoms with Gasteiger partial charge in [-0.15, -0.1) is 0 Å². The van der Waals surface area contributed by atoms with E-state index in [0.29, 0.717) is 12.8 Å². The monoisotopic (exact) mass is 369 g/mol. The summed E-state index contributed by atoms with van der Waals surface area (Å²) in [4.78, 5) is 47.4. The summed E-state index contributed by atoms with van der Waals surface area (Å²) >= 11 is 0. The third kappa shape index (κ3) is 9.50. The molecule has 0 aromatic rings. The van der Waals surface area contributed by atoms with Crippen LogP contribution in [-0.4, -0.2) is 48.2 Å². The summed E-state index contributed by atoms with van der Waals surface area (Å²) in [6.07, 6.45) is 2.68. The van der Waals surface area contributed by atoms with Gasteiger partial charge in [0.1, 0.15) is 12.1 Å². The Kier molecular flexibility index (Phi) is 10.7. The Labute approximate surface area is 156 Å². The number of nitrogens with one attached hydrogen (secondary N) is 3. The van der Waals surface area contributed by atoms with E-state index in [1.165, 1.54) is 13.8 Å². The number of nitrogens with two attached hydrogens (primary N) is 1. The Morgan fingerprint density at radius 2 is 1.35 bits per heavy atom. The second-order valence-corrected chi connectivity index (χ2v) is 7.52. The molecule has 0 saturated heterocycles. The van der Waals surface area contributed by atoms with Crippen molar-refractivity contribution in [2.45, 2.75) is 78.6 Å². The van der Waals surface area contributed by atoms with Crippen LogP contribution in [0.5, 0.6) is 0 Å². The molecule has 0 spiro atoms. The molecule has 0 aromatic carbocycles. The average Bonchev–Trinajstić information content (AvgIpc) is 2.51. The summed E-state index contributed by atoms with van der Waals surface area (Å²) in [6.45, 7) is 10.7. The van der Waals surface area contributed by atoms with Crippen molar-refractivity contribution in [1.29, 1.82) is 0 Å². The van der Waals surface area contributed by atoms with Gasteiger partial charge in [-0.2, -0.15) is 0 Å². The lowest BCUT2D eigenvalue weighted by Gasteiger charge is -2.24. The first kappa shape index (κ1) is 24.0. The van der Waals surface area contributed by atoms with Crippen molar-refractivity contribution >= 4 is 24.0 Å². The van der Waals surface area contributed by atoms with Gasteiger partial charge in [0.2, 0.25) is 24.0 Å². The highest BCUT2D eigenvalue weighted by molar-refractivity contribution is 5.93. The lowest BCUT2D eigenvalue weighted by molar-refractivity contribution is -0.132. The van der Waals surface area contributed by atoms with Crippen LogP contribution in [-0.2, 0) is 19.2 Å². The Morgan fingerprint density at radius 3 is 1.77 bits per heavy atom. The van der Waals surface area contributed by atoms with Crippen LogP contribution in [0, 0.1) is 11.8 Å². The zero-order valence-corrected chi connectivity index (χ0v) is 16.6. The predicted molar refractivity (Wildman–Crippen MR) is 99.7 cm³/mol. The van der Waals surface area contributed by atoms with E-state index in [4.69, 9.17) is 5.73 Å². The van der Waals surface area contributed by atoms with E-state index in [-0.39, 0.29) is 11.8 Å². The summed E-state index contributed by atoms with van der Waals surface area (Å²) < 4.78 is 0. The van der Waals surface area contributed by atoms with E-state index < -0.39 is 41.9 Å². The molecular weight excluding hydrogens is 336 g/mol. The van der Waals surface area contributed by atoms with Gasteiger partial charge in [-0.25, -0.2) is 0 Å². The molecule has 0 aliphatic heterocycles. The third-order valence-electron chi connectivity index (χ3n) is 3.67. The fourth-order valence-electron chi connectivity index (χ4n) is 2.29. The molecule has 0 aliphatic carbocycles. The smallest absolute Gasteiger partial charge is 0.243 e. The van der Waals surface area contributed by atoms with Crippen molar-refractivity contribution in [3.05, 3.63) is 0 Å². The van der Waals surface area contributed by atoms with Crippen molar-refractivity contribution < 1.29 is 19.2 Å². The first-order valence-electron chi connectivity index (χ1n) is 9.02. The van der Waals surface area contributed by atoms with Crippen LogP contribution < -0.4 is 21.7 Å². The number of rotatable bonds is 11. The lowest BCUT2D eigenvalue weighted by Crippen LogP contribution is -2.55. The quantitative estimate of drug-likeness (QED) is 0.407. The fourth-order valence-corrected chi connectivity index (χ4v) is 2.29. The van der Waals surface area contributed by atoms with E-state index >= 15 is 0 Å². The summed E-state index contributed by atoms with van der Waals surface area (Å²) in [7, 11) is 0. The Morgan fingerprint density at radius 1 is 0.808 bits per heavy atom. The van der Waals surface area contributed by atoms with Crippen molar-refractivity contribution in [2.24, 2.45) is 17.6 Å². The Bertz CT molecular complexity index is 492. The van der Waals surface area contributed by atoms with E-state index in [2.05, 4.69) is 16.0 Å². The Hall–Kier alpha value is -1.96. The summed E-state index contributed by atoms with van der Waals surface area (Å²) in [5.41, 5.74) is 5.53. The molecule has 0 heterocycles. The van der Waals surface area contributed by atoms with Crippen LogP contribution in [0.25, 0.3) is 0 Å². The zero-order chi connectivity index (χ0) is 20.4. The van der Waals surface area contributed by atoms with Gasteiger partial charge in [0.15, 0.2) is 0 Å². The maximum atomic E-state index is 12.5. The molecule has 4 atom stereocenters. The normalized spacial score (nSPS) is 15.7. The van der Waals surface area contributed by atoms with Gasteiger partial charge in [-0.05, 0) is 38.5 Å². The number of amides is 3. The van der Waals surface area contributed by atoms with Crippen LogP contribution in [0.3, 0.4) is 0 Å². The first-order valence-corrected chi connectivity index (χ1v) is 9.02. The second kappa shape index (κ2) is 11.6. The number of carbonyl (C=O) groups excluding carboxylic acids is 4. The minimum Gasteiger partial charge on any atom is -0.344 e. The average molecular weight is 369 g/mol. The van der Waals surface area contributed by atoms with E-state index in [9.17, 15) is 19.2 Å². The maximum absolute atomic E-state index is 12.5. The molecule has 0 fully saturated rings. The van der Waals surface area contributed by atoms with Crippen molar-refractivity contribution in [2.75, 3.05) is 0 Å². The Balaban J connectivity index is 4.85. The number of hydrogen-bond acceptors (Lipinski definition) is 5. The predicted octanol–water partition coefficient (Wildman–Crippen LogP) is 0.00980. The van der Waals surface area contributed by atoms with Crippen LogP contribution in [0.4, 0.5) is 0 Å². The fraction of sp³-hybridized carbons (Fsp3) is 0.778. The van der Waals surface area contributed by atoms with Crippen LogP contribution in [0.2, 0.25) is 0 Å². The molecular formula is C18H33N4O4. The van der Waals surface area contributed by atoms with E-state index in [1.807, 2.05) is 27.7 Å². The number of carbonyl (C=O) groups is 3. The molecule has 0 aromatic heterocycles. The molecule has 5 N–H and O–H groups in total. The highest BCUT2D eigenvalue weighted by Crippen LogP contribution is 2.06. The van der Waals surface area contributed by atoms with Gasteiger partial charge in [0.25, 0.3) is 0 Å². The molecule has 1 radical (unpaired) electrons. The molecule has 8 heteroatoms. The second-order valence-electron chi connectivity index (χ2n) is 7.52. The van der Waals surface area contributed by atoms with Gasteiger partial charge in [0, 0.05) is 0 Å². The van der Waals surface area contributed by atoms with Crippen molar-refractivity contribution in [3.63, 3.8) is 0 Å². The van der Waals surface area contributed by atoms with Gasteiger partial charge in [-0.1, -0.05) is 27.7 Å². The molecule has 0 bridgehead atoms. The summed E-state index contributed by atoms with van der Waals surface area (Å²) in [5, 5.41) is 7.73. The molecule has 0 rings (SSSR count). The van der Waals surface area contributed by atoms with Gasteiger partial charge in [0.05, 0.1) is 12.1 Å². The van der Waals surface area contributed by atoms with Crippen molar-refractivity contribution in [1.82, 2.24) is 16.0 Å². The first-order chi connectivity index (χ1) is 12.0. The van der Waals surface area contributed by atoms with Crippen molar-refractivity contribution in [3.8, 4) is 0 Å². The van der Waals surface area contributed by atoms with E-state index in [1.54, 1.807) is 6.29 Å². The highest BCUT2D eigenvalue weighted by Gasteiger charge is 2.27. The molecule has 26 heavy (non-hydrogen) atoms. The maximum Gasteiger partial charge on any atom is 0.243 e. The van der Waals surface area contributed by atoms with Gasteiger partial charge in [-0.3, -0.25) is 19.2 Å². The largest absolute Gasteiger partial charge is 0.344 e. The SMILES string of the molecule is CC(C)C[C@@H]([C]=O)NC(=O)[C@H](C)NC(=O)[C@H](CC(C)C)NC(=O)[C@H](C)N. The molecule has 0 aliphatic rings. The standard InChI is InChI=1S/C18H33N4O4/c1-10(2)7-14(9-23)21-17(25)13(6)20-18(26)15(8-11(3)4)22-16(24)12(5)19/h10-15H,7-8,19H2,1-6H3,(H,20,26)(H,21,25)(H,22,24)/t12-,13-,14-,15-/m0/s1. The zero-order valence-electron chi connectivity index (χ0n) is 16.6. The van der Waals surface area contributed by atoms with E-state index in [0.717, 1.165) is 0 Å². The van der Waals surface area contributed by atoms with Crippen LogP contribution >= 0.6 is 0 Å². The lowest BCUT2D eigenvalue weighted by atomic mass is 10.0.